The minimum Gasteiger partial charge on any atom is -0.490 e. The number of benzene rings is 2. The van der Waals surface area contributed by atoms with Crippen molar-refractivity contribution in [3.05, 3.63) is 63.0 Å². The van der Waals surface area contributed by atoms with E-state index in [-0.39, 0.29) is 0 Å². The molecule has 0 amide bonds. The highest BCUT2D eigenvalue weighted by Crippen LogP contribution is 2.31. The van der Waals surface area contributed by atoms with E-state index >= 15 is 0 Å². The predicted octanol–water partition coefficient (Wildman–Crippen LogP) is 5.75. The predicted molar refractivity (Wildman–Crippen MR) is 94.2 cm³/mol. The first-order valence-corrected chi connectivity index (χ1v) is 8.24. The molecule has 0 saturated heterocycles. The average Bonchev–Trinajstić information content (AvgIpc) is 2.47. The Hall–Kier alpha value is -1.26. The second kappa shape index (κ2) is 8.25. The molecule has 0 atom stereocenters. The van der Waals surface area contributed by atoms with Gasteiger partial charge >= 0.3 is 0 Å². The van der Waals surface area contributed by atoms with Crippen LogP contribution in [-0.2, 0) is 6.61 Å². The minimum atomic E-state index is 0.526. The zero-order valence-corrected chi connectivity index (χ0v) is 14.9. The maximum atomic E-state index is 5.87. The van der Waals surface area contributed by atoms with Crippen LogP contribution < -0.4 is 9.47 Å². The summed E-state index contributed by atoms with van der Waals surface area (Å²) in [6.07, 6.45) is 1.96. The number of ether oxygens (including phenoxy) is 2. The van der Waals surface area contributed by atoms with E-state index in [1.165, 1.54) is 0 Å². The van der Waals surface area contributed by atoms with Crippen molar-refractivity contribution in [2.24, 2.45) is 0 Å². The van der Waals surface area contributed by atoms with Crippen LogP contribution in [0.3, 0.4) is 0 Å². The quantitative estimate of drug-likeness (QED) is 0.602. The van der Waals surface area contributed by atoms with Crippen molar-refractivity contribution < 1.29 is 9.47 Å². The first-order chi connectivity index (χ1) is 10.2. The van der Waals surface area contributed by atoms with Crippen molar-refractivity contribution in [2.45, 2.75) is 13.5 Å². The second-order valence-electron chi connectivity index (χ2n) is 4.35. The van der Waals surface area contributed by atoms with Gasteiger partial charge in [-0.1, -0.05) is 36.4 Å². The fourth-order valence-electron chi connectivity index (χ4n) is 1.86. The Bertz CT molecular complexity index is 605. The lowest BCUT2D eigenvalue weighted by Gasteiger charge is -2.12. The minimum absolute atomic E-state index is 0.526. The highest BCUT2D eigenvalue weighted by molar-refractivity contribution is 9.28. The molecular weight excluding hydrogens is 396 g/mol. The molecule has 0 aliphatic heterocycles. The summed E-state index contributed by atoms with van der Waals surface area (Å²) in [5.74, 6) is 1.51. The third-order valence-corrected chi connectivity index (χ3v) is 3.24. The van der Waals surface area contributed by atoms with Gasteiger partial charge < -0.3 is 9.47 Å². The van der Waals surface area contributed by atoms with E-state index in [1.807, 2.05) is 61.5 Å². The molecule has 21 heavy (non-hydrogen) atoms. The van der Waals surface area contributed by atoms with E-state index in [9.17, 15) is 0 Å². The lowest BCUT2D eigenvalue weighted by atomic mass is 10.2. The van der Waals surface area contributed by atoms with Gasteiger partial charge in [0.15, 0.2) is 11.5 Å². The monoisotopic (exact) mass is 410 g/mol. The molecule has 2 nitrogen and oxygen atoms in total. The molecule has 0 radical (unpaired) electrons. The SMILES string of the molecule is CCOc1cc(C=C(Br)Br)ccc1OCc1ccccc1. The van der Waals surface area contributed by atoms with Crippen LogP contribution >= 0.6 is 31.9 Å². The van der Waals surface area contributed by atoms with E-state index in [0.717, 1.165) is 26.0 Å². The number of halogens is 2. The van der Waals surface area contributed by atoms with Gasteiger partial charge in [-0.3, -0.25) is 0 Å². The van der Waals surface area contributed by atoms with E-state index in [0.29, 0.717) is 13.2 Å². The van der Waals surface area contributed by atoms with Gasteiger partial charge in [-0.15, -0.1) is 0 Å². The summed E-state index contributed by atoms with van der Waals surface area (Å²) in [5.41, 5.74) is 2.17. The molecule has 0 aromatic heterocycles. The largest absolute Gasteiger partial charge is 0.490 e. The van der Waals surface area contributed by atoms with Crippen LogP contribution in [0.2, 0.25) is 0 Å². The first kappa shape index (κ1) is 16.1. The van der Waals surface area contributed by atoms with E-state index in [2.05, 4.69) is 31.9 Å². The van der Waals surface area contributed by atoms with Crippen molar-refractivity contribution >= 4 is 37.9 Å². The highest BCUT2D eigenvalue weighted by Gasteiger charge is 2.06. The summed E-state index contributed by atoms with van der Waals surface area (Å²) in [5, 5.41) is 0. The van der Waals surface area contributed by atoms with E-state index < -0.39 is 0 Å². The molecule has 2 aromatic carbocycles. The fourth-order valence-corrected chi connectivity index (χ4v) is 2.39. The van der Waals surface area contributed by atoms with Gasteiger partial charge in [0.2, 0.25) is 0 Å². The molecule has 0 saturated carbocycles. The van der Waals surface area contributed by atoms with Gasteiger partial charge in [0.1, 0.15) is 6.61 Å². The topological polar surface area (TPSA) is 18.5 Å². The molecule has 0 aliphatic carbocycles. The van der Waals surface area contributed by atoms with Gasteiger partial charge in [0.25, 0.3) is 0 Å². The Labute approximate surface area is 142 Å². The van der Waals surface area contributed by atoms with Gasteiger partial charge in [-0.25, -0.2) is 0 Å². The summed E-state index contributed by atoms with van der Waals surface area (Å²) in [7, 11) is 0. The Balaban J connectivity index is 2.16. The second-order valence-corrected chi connectivity index (χ2v) is 7.12. The van der Waals surface area contributed by atoms with Gasteiger partial charge in [0.05, 0.1) is 10.00 Å². The first-order valence-electron chi connectivity index (χ1n) is 6.65. The lowest BCUT2D eigenvalue weighted by Crippen LogP contribution is -1.99. The maximum Gasteiger partial charge on any atom is 0.161 e. The normalized spacial score (nSPS) is 10.0. The van der Waals surface area contributed by atoms with Gasteiger partial charge in [-0.05, 0) is 68.1 Å². The number of hydrogen-bond acceptors (Lipinski definition) is 2. The Morgan fingerprint density at radius 3 is 2.43 bits per heavy atom. The molecule has 2 rings (SSSR count). The summed E-state index contributed by atoms with van der Waals surface area (Å²) >= 11 is 6.72. The summed E-state index contributed by atoms with van der Waals surface area (Å²) < 4.78 is 12.4. The van der Waals surface area contributed by atoms with Crippen LogP contribution in [0.4, 0.5) is 0 Å². The van der Waals surface area contributed by atoms with Crippen LogP contribution in [-0.4, -0.2) is 6.61 Å². The van der Waals surface area contributed by atoms with Crippen molar-refractivity contribution in [1.29, 1.82) is 0 Å². The molecule has 0 fully saturated rings. The van der Waals surface area contributed by atoms with Crippen LogP contribution in [0.1, 0.15) is 18.1 Å². The highest BCUT2D eigenvalue weighted by atomic mass is 79.9. The molecule has 0 heterocycles. The molecule has 2 aromatic rings. The van der Waals surface area contributed by atoms with Crippen molar-refractivity contribution in [3.8, 4) is 11.5 Å². The fraction of sp³-hybridized carbons (Fsp3) is 0.176. The molecule has 110 valence electrons. The Morgan fingerprint density at radius 2 is 1.76 bits per heavy atom. The third kappa shape index (κ3) is 5.21. The zero-order chi connectivity index (χ0) is 15.1. The van der Waals surface area contributed by atoms with Crippen LogP contribution in [0.25, 0.3) is 6.08 Å². The lowest BCUT2D eigenvalue weighted by molar-refractivity contribution is 0.269. The van der Waals surface area contributed by atoms with Crippen LogP contribution in [0, 0.1) is 0 Å². The summed E-state index contributed by atoms with van der Waals surface area (Å²) in [6.45, 7) is 3.09. The average molecular weight is 412 g/mol. The molecular formula is C17H16Br2O2. The maximum absolute atomic E-state index is 5.87. The smallest absolute Gasteiger partial charge is 0.161 e. The third-order valence-electron chi connectivity index (χ3n) is 2.78. The van der Waals surface area contributed by atoms with Gasteiger partial charge in [-0.2, -0.15) is 0 Å². The van der Waals surface area contributed by atoms with Crippen LogP contribution in [0.15, 0.2) is 51.9 Å². The molecule has 0 bridgehead atoms. The zero-order valence-electron chi connectivity index (χ0n) is 11.7. The van der Waals surface area contributed by atoms with E-state index in [4.69, 9.17) is 9.47 Å². The van der Waals surface area contributed by atoms with E-state index in [1.54, 1.807) is 0 Å². The molecule has 0 unspecified atom stereocenters. The Morgan fingerprint density at radius 1 is 1.00 bits per heavy atom. The van der Waals surface area contributed by atoms with Crippen molar-refractivity contribution in [2.75, 3.05) is 6.61 Å². The summed E-state index contributed by atoms with van der Waals surface area (Å²) in [6, 6.07) is 16.0. The molecule has 0 spiro atoms. The van der Waals surface area contributed by atoms with Crippen molar-refractivity contribution in [3.63, 3.8) is 0 Å². The van der Waals surface area contributed by atoms with Crippen LogP contribution in [0.5, 0.6) is 11.5 Å². The molecule has 0 N–H and O–H groups in total. The summed E-state index contributed by atoms with van der Waals surface area (Å²) in [4.78, 5) is 0. The Kier molecular flexibility index (Phi) is 6.33. The molecule has 4 heteroatoms. The molecule has 0 aliphatic rings. The number of rotatable bonds is 6. The number of hydrogen-bond donors (Lipinski definition) is 0. The standard InChI is InChI=1S/C17H16Br2O2/c1-2-20-16-10-14(11-17(18)19)8-9-15(16)21-12-13-6-4-3-5-7-13/h3-11H,2,12H2,1H3. The van der Waals surface area contributed by atoms with Gasteiger partial charge in [0, 0.05) is 0 Å². The van der Waals surface area contributed by atoms with Crippen molar-refractivity contribution in [1.82, 2.24) is 0 Å².